The fraction of sp³-hybridized carbons (Fsp3) is 0.667. The molecule has 2 heteroatoms. The minimum absolute atomic E-state index is 0.435. The predicted molar refractivity (Wildman–Crippen MR) is 74.2 cm³/mol. The van der Waals surface area contributed by atoms with E-state index < -0.39 is 0 Å². The number of nitrogens with zero attached hydrogens (tertiary/aromatic N) is 1. The monoisotopic (exact) mass is 234 g/mol. The number of aromatic nitrogens is 1. The SMILES string of the molecule is CCCC(C)CC(NC)c1ccc(C)nc1C. The van der Waals surface area contributed by atoms with Gasteiger partial charge in [0.1, 0.15) is 0 Å². The highest BCUT2D eigenvalue weighted by molar-refractivity contribution is 5.25. The van der Waals surface area contributed by atoms with Crippen LogP contribution in [0.2, 0.25) is 0 Å². The molecule has 0 saturated heterocycles. The van der Waals surface area contributed by atoms with E-state index in [1.165, 1.54) is 24.8 Å². The summed E-state index contributed by atoms with van der Waals surface area (Å²) < 4.78 is 0. The maximum absolute atomic E-state index is 4.56. The van der Waals surface area contributed by atoms with Crippen LogP contribution in [0.4, 0.5) is 0 Å². The van der Waals surface area contributed by atoms with E-state index >= 15 is 0 Å². The highest BCUT2D eigenvalue weighted by atomic mass is 14.9. The molecule has 0 radical (unpaired) electrons. The van der Waals surface area contributed by atoms with E-state index in [1.54, 1.807) is 0 Å². The maximum Gasteiger partial charge on any atom is 0.0423 e. The minimum Gasteiger partial charge on any atom is -0.313 e. The van der Waals surface area contributed by atoms with Crippen molar-refractivity contribution >= 4 is 0 Å². The second-order valence-corrected chi connectivity index (χ2v) is 5.10. The Bertz CT molecular complexity index is 347. The zero-order valence-corrected chi connectivity index (χ0v) is 11.9. The summed E-state index contributed by atoms with van der Waals surface area (Å²) in [6.07, 6.45) is 3.76. The molecule has 0 amide bonds. The van der Waals surface area contributed by atoms with E-state index in [0.717, 1.165) is 17.3 Å². The van der Waals surface area contributed by atoms with Crippen molar-refractivity contribution in [3.8, 4) is 0 Å². The number of aryl methyl sites for hydroxylation is 2. The molecule has 1 aromatic rings. The second-order valence-electron chi connectivity index (χ2n) is 5.10. The van der Waals surface area contributed by atoms with Crippen LogP contribution in [-0.2, 0) is 0 Å². The van der Waals surface area contributed by atoms with Gasteiger partial charge in [-0.3, -0.25) is 4.98 Å². The fourth-order valence-electron chi connectivity index (χ4n) is 2.48. The largest absolute Gasteiger partial charge is 0.313 e. The van der Waals surface area contributed by atoms with Gasteiger partial charge in [-0.05, 0) is 44.9 Å². The van der Waals surface area contributed by atoms with E-state index in [1.807, 2.05) is 14.0 Å². The molecular weight excluding hydrogens is 208 g/mol. The van der Waals surface area contributed by atoms with Crippen LogP contribution in [0.5, 0.6) is 0 Å². The van der Waals surface area contributed by atoms with Gasteiger partial charge in [-0.1, -0.05) is 32.8 Å². The van der Waals surface area contributed by atoms with E-state index in [4.69, 9.17) is 0 Å². The first kappa shape index (κ1) is 14.2. The molecule has 2 atom stereocenters. The van der Waals surface area contributed by atoms with Crippen LogP contribution in [0.3, 0.4) is 0 Å². The number of hydrogen-bond donors (Lipinski definition) is 1. The van der Waals surface area contributed by atoms with Gasteiger partial charge < -0.3 is 5.32 Å². The molecule has 0 aromatic carbocycles. The Morgan fingerprint density at radius 3 is 2.53 bits per heavy atom. The molecule has 96 valence electrons. The predicted octanol–water partition coefficient (Wildman–Crippen LogP) is 3.79. The Labute approximate surface area is 106 Å². The summed E-state index contributed by atoms with van der Waals surface area (Å²) >= 11 is 0. The zero-order valence-electron chi connectivity index (χ0n) is 11.9. The lowest BCUT2D eigenvalue weighted by Gasteiger charge is -2.22. The molecule has 0 saturated carbocycles. The van der Waals surface area contributed by atoms with Gasteiger partial charge >= 0.3 is 0 Å². The summed E-state index contributed by atoms with van der Waals surface area (Å²) in [7, 11) is 2.04. The Morgan fingerprint density at radius 1 is 1.29 bits per heavy atom. The summed E-state index contributed by atoms with van der Waals surface area (Å²) in [5.41, 5.74) is 3.61. The van der Waals surface area contributed by atoms with Gasteiger partial charge in [-0.15, -0.1) is 0 Å². The Hall–Kier alpha value is -0.890. The minimum atomic E-state index is 0.435. The Morgan fingerprint density at radius 2 is 2.00 bits per heavy atom. The third-order valence-corrected chi connectivity index (χ3v) is 3.41. The van der Waals surface area contributed by atoms with Crippen LogP contribution in [0.15, 0.2) is 12.1 Å². The summed E-state index contributed by atoms with van der Waals surface area (Å²) in [4.78, 5) is 4.56. The molecular formula is C15H26N2. The number of pyridine rings is 1. The van der Waals surface area contributed by atoms with Gasteiger partial charge in [0.2, 0.25) is 0 Å². The quantitative estimate of drug-likeness (QED) is 0.810. The highest BCUT2D eigenvalue weighted by Crippen LogP contribution is 2.25. The molecule has 1 heterocycles. The first-order chi connectivity index (χ1) is 8.08. The summed E-state index contributed by atoms with van der Waals surface area (Å²) in [6, 6.07) is 4.76. The average Bonchev–Trinajstić information content (AvgIpc) is 2.27. The van der Waals surface area contributed by atoms with Crippen LogP contribution in [0.1, 0.15) is 56.1 Å². The van der Waals surface area contributed by atoms with E-state index in [2.05, 4.69) is 43.2 Å². The van der Waals surface area contributed by atoms with Crippen molar-refractivity contribution in [2.45, 2.75) is 53.0 Å². The number of hydrogen-bond acceptors (Lipinski definition) is 2. The average molecular weight is 234 g/mol. The lowest BCUT2D eigenvalue weighted by Crippen LogP contribution is -2.20. The van der Waals surface area contributed by atoms with Crippen LogP contribution in [0.25, 0.3) is 0 Å². The van der Waals surface area contributed by atoms with Crippen molar-refractivity contribution in [1.82, 2.24) is 10.3 Å². The third kappa shape index (κ3) is 4.12. The molecule has 0 aliphatic rings. The van der Waals surface area contributed by atoms with Crippen molar-refractivity contribution < 1.29 is 0 Å². The lowest BCUT2D eigenvalue weighted by molar-refractivity contribution is 0.405. The number of rotatable bonds is 6. The van der Waals surface area contributed by atoms with Crippen molar-refractivity contribution in [2.24, 2.45) is 5.92 Å². The van der Waals surface area contributed by atoms with Gasteiger partial charge in [0.15, 0.2) is 0 Å². The Balaban J connectivity index is 2.79. The normalized spacial score (nSPS) is 14.6. The van der Waals surface area contributed by atoms with Gasteiger partial charge in [0.25, 0.3) is 0 Å². The van der Waals surface area contributed by atoms with Gasteiger partial charge in [0.05, 0.1) is 0 Å². The summed E-state index contributed by atoms with van der Waals surface area (Å²) in [5, 5.41) is 3.43. The summed E-state index contributed by atoms with van der Waals surface area (Å²) in [5.74, 6) is 0.762. The third-order valence-electron chi connectivity index (χ3n) is 3.41. The smallest absolute Gasteiger partial charge is 0.0423 e. The summed E-state index contributed by atoms with van der Waals surface area (Å²) in [6.45, 7) is 8.75. The molecule has 1 N–H and O–H groups in total. The standard InChI is InChI=1S/C15H26N2/c1-6-7-11(2)10-15(16-5)14-9-8-12(3)17-13(14)4/h8-9,11,15-16H,6-7,10H2,1-5H3. The molecule has 17 heavy (non-hydrogen) atoms. The number of nitrogens with one attached hydrogen (secondary N) is 1. The van der Waals surface area contributed by atoms with Crippen molar-refractivity contribution in [3.63, 3.8) is 0 Å². The molecule has 0 bridgehead atoms. The second kappa shape index (κ2) is 6.75. The first-order valence-corrected chi connectivity index (χ1v) is 6.69. The van der Waals surface area contributed by atoms with Gasteiger partial charge in [-0.2, -0.15) is 0 Å². The van der Waals surface area contributed by atoms with E-state index in [-0.39, 0.29) is 0 Å². The lowest BCUT2D eigenvalue weighted by atomic mass is 9.92. The van der Waals surface area contributed by atoms with Crippen LogP contribution in [0, 0.1) is 19.8 Å². The molecule has 1 aromatic heterocycles. The first-order valence-electron chi connectivity index (χ1n) is 6.69. The molecule has 0 fully saturated rings. The van der Waals surface area contributed by atoms with Crippen molar-refractivity contribution in [2.75, 3.05) is 7.05 Å². The van der Waals surface area contributed by atoms with Crippen molar-refractivity contribution in [1.29, 1.82) is 0 Å². The van der Waals surface area contributed by atoms with Crippen LogP contribution >= 0.6 is 0 Å². The van der Waals surface area contributed by atoms with E-state index in [0.29, 0.717) is 6.04 Å². The van der Waals surface area contributed by atoms with E-state index in [9.17, 15) is 0 Å². The van der Waals surface area contributed by atoms with Crippen LogP contribution in [-0.4, -0.2) is 12.0 Å². The molecule has 0 aliphatic carbocycles. The fourth-order valence-corrected chi connectivity index (χ4v) is 2.48. The maximum atomic E-state index is 4.56. The molecule has 1 rings (SSSR count). The molecule has 0 aliphatic heterocycles. The Kier molecular flexibility index (Phi) is 5.63. The molecule has 0 spiro atoms. The van der Waals surface area contributed by atoms with Crippen LogP contribution < -0.4 is 5.32 Å². The molecule has 2 unspecified atom stereocenters. The van der Waals surface area contributed by atoms with Crippen molar-refractivity contribution in [3.05, 3.63) is 29.1 Å². The highest BCUT2D eigenvalue weighted by Gasteiger charge is 2.15. The zero-order chi connectivity index (χ0) is 12.8. The molecule has 2 nitrogen and oxygen atoms in total. The van der Waals surface area contributed by atoms with Gasteiger partial charge in [0, 0.05) is 17.4 Å². The topological polar surface area (TPSA) is 24.9 Å². The van der Waals surface area contributed by atoms with Gasteiger partial charge in [-0.25, -0.2) is 0 Å².